The maximum absolute atomic E-state index is 12.1. The Labute approximate surface area is 139 Å². The fourth-order valence-electron chi connectivity index (χ4n) is 2.10. The molecule has 2 amide bonds. The van der Waals surface area contributed by atoms with E-state index in [0.29, 0.717) is 16.9 Å². The Hall–Kier alpha value is -3.47. The van der Waals surface area contributed by atoms with Crippen molar-refractivity contribution in [2.75, 3.05) is 10.6 Å². The normalized spacial score (nSPS) is 10.0. The first kappa shape index (κ1) is 15.4. The third-order valence-electron chi connectivity index (χ3n) is 3.32. The molecule has 0 fully saturated rings. The van der Waals surface area contributed by atoms with Gasteiger partial charge in [0.25, 0.3) is 11.8 Å². The molecule has 118 valence electrons. The van der Waals surface area contributed by atoms with Crippen molar-refractivity contribution in [3.8, 4) is 0 Å². The predicted molar refractivity (Wildman–Crippen MR) is 93.0 cm³/mol. The van der Waals surface area contributed by atoms with Gasteiger partial charge in [-0.1, -0.05) is 36.4 Å². The Morgan fingerprint density at radius 3 is 1.71 bits per heavy atom. The van der Waals surface area contributed by atoms with Crippen molar-refractivity contribution in [3.63, 3.8) is 0 Å². The number of nitrogens with one attached hydrogen (secondary N) is 2. The number of hydrogen-bond acceptors (Lipinski definition) is 3. The van der Waals surface area contributed by atoms with E-state index in [-0.39, 0.29) is 17.5 Å². The molecule has 3 aromatic rings. The van der Waals surface area contributed by atoms with Gasteiger partial charge in [0.05, 0.1) is 5.56 Å². The fourth-order valence-corrected chi connectivity index (χ4v) is 2.10. The lowest BCUT2D eigenvalue weighted by molar-refractivity contribution is 0.101. The molecule has 0 aliphatic heterocycles. The molecule has 1 heterocycles. The highest BCUT2D eigenvalue weighted by Gasteiger charge is 2.10. The summed E-state index contributed by atoms with van der Waals surface area (Å²) in [4.78, 5) is 28.3. The predicted octanol–water partition coefficient (Wildman–Crippen LogP) is 3.59. The number of benzene rings is 2. The molecular weight excluding hydrogens is 302 g/mol. The number of aromatic nitrogens is 1. The molecule has 2 N–H and O–H groups in total. The molecule has 5 nitrogen and oxygen atoms in total. The first-order valence-corrected chi connectivity index (χ1v) is 7.41. The molecule has 1 aromatic heterocycles. The standard InChI is InChI=1S/C19H15N3O2/c23-18(21-15-7-3-1-4-8-15)14-11-12-17(20-13-14)19(24)22-16-9-5-2-6-10-16/h1-13H,(H,21,23)(H,22,24). The number of hydrogen-bond donors (Lipinski definition) is 2. The summed E-state index contributed by atoms with van der Waals surface area (Å²) >= 11 is 0. The first-order valence-electron chi connectivity index (χ1n) is 7.41. The lowest BCUT2D eigenvalue weighted by Crippen LogP contribution is -2.16. The molecule has 0 saturated heterocycles. The second-order valence-electron chi connectivity index (χ2n) is 5.07. The van der Waals surface area contributed by atoms with Crippen LogP contribution in [-0.2, 0) is 0 Å². The van der Waals surface area contributed by atoms with Crippen molar-refractivity contribution in [3.05, 3.63) is 90.3 Å². The third-order valence-corrected chi connectivity index (χ3v) is 3.32. The van der Waals surface area contributed by atoms with Gasteiger partial charge in [0.2, 0.25) is 0 Å². The van der Waals surface area contributed by atoms with Crippen molar-refractivity contribution in [2.24, 2.45) is 0 Å². The molecule has 0 spiro atoms. The van der Waals surface area contributed by atoms with Gasteiger partial charge >= 0.3 is 0 Å². The highest BCUT2D eigenvalue weighted by Crippen LogP contribution is 2.10. The number of rotatable bonds is 4. The highest BCUT2D eigenvalue weighted by atomic mass is 16.2. The zero-order valence-electron chi connectivity index (χ0n) is 12.8. The van der Waals surface area contributed by atoms with E-state index in [1.54, 1.807) is 30.3 Å². The Morgan fingerprint density at radius 1 is 0.667 bits per heavy atom. The molecule has 0 bridgehead atoms. The summed E-state index contributed by atoms with van der Waals surface area (Å²) in [6.07, 6.45) is 1.39. The Bertz CT molecular complexity index is 759. The van der Waals surface area contributed by atoms with Crippen LogP contribution in [0.4, 0.5) is 11.4 Å². The number of pyridine rings is 1. The van der Waals surface area contributed by atoms with Gasteiger partial charge in [-0.3, -0.25) is 14.6 Å². The zero-order valence-corrected chi connectivity index (χ0v) is 12.8. The van der Waals surface area contributed by atoms with E-state index in [9.17, 15) is 9.59 Å². The number of carbonyl (C=O) groups is 2. The van der Waals surface area contributed by atoms with Crippen molar-refractivity contribution < 1.29 is 9.59 Å². The maximum atomic E-state index is 12.1. The summed E-state index contributed by atoms with van der Waals surface area (Å²) in [5, 5.41) is 5.51. The molecule has 5 heteroatoms. The van der Waals surface area contributed by atoms with Crippen LogP contribution in [0.15, 0.2) is 79.0 Å². The summed E-state index contributed by atoms with van der Waals surface area (Å²) in [7, 11) is 0. The lowest BCUT2D eigenvalue weighted by Gasteiger charge is -2.06. The van der Waals surface area contributed by atoms with Gasteiger partial charge in [-0.05, 0) is 36.4 Å². The largest absolute Gasteiger partial charge is 0.322 e. The van der Waals surface area contributed by atoms with Crippen molar-refractivity contribution in [2.45, 2.75) is 0 Å². The average molecular weight is 317 g/mol. The van der Waals surface area contributed by atoms with Gasteiger partial charge in [-0.15, -0.1) is 0 Å². The molecule has 0 unspecified atom stereocenters. The van der Waals surface area contributed by atoms with Gasteiger partial charge in [0.1, 0.15) is 5.69 Å². The second-order valence-corrected chi connectivity index (χ2v) is 5.07. The van der Waals surface area contributed by atoms with Crippen LogP contribution >= 0.6 is 0 Å². The fraction of sp³-hybridized carbons (Fsp3) is 0. The number of nitrogens with zero attached hydrogens (tertiary/aromatic N) is 1. The Morgan fingerprint density at radius 2 is 1.21 bits per heavy atom. The average Bonchev–Trinajstić information content (AvgIpc) is 2.63. The number of para-hydroxylation sites is 2. The van der Waals surface area contributed by atoms with E-state index in [1.165, 1.54) is 12.3 Å². The van der Waals surface area contributed by atoms with E-state index in [2.05, 4.69) is 15.6 Å². The molecule has 0 aliphatic carbocycles. The summed E-state index contributed by atoms with van der Waals surface area (Å²) in [6, 6.07) is 21.4. The van der Waals surface area contributed by atoms with Crippen LogP contribution in [-0.4, -0.2) is 16.8 Å². The second kappa shape index (κ2) is 7.19. The minimum Gasteiger partial charge on any atom is -0.322 e. The maximum Gasteiger partial charge on any atom is 0.274 e. The quantitative estimate of drug-likeness (QED) is 0.772. The molecule has 3 rings (SSSR count). The minimum atomic E-state index is -0.323. The number of anilines is 2. The molecule has 24 heavy (non-hydrogen) atoms. The summed E-state index contributed by atoms with van der Waals surface area (Å²) in [5.41, 5.74) is 2.02. The molecule has 0 aliphatic rings. The monoisotopic (exact) mass is 317 g/mol. The van der Waals surface area contributed by atoms with Gasteiger partial charge in [-0.25, -0.2) is 0 Å². The van der Waals surface area contributed by atoms with Crippen molar-refractivity contribution >= 4 is 23.2 Å². The molecule has 0 radical (unpaired) electrons. The number of carbonyl (C=O) groups excluding carboxylic acids is 2. The molecule has 0 atom stereocenters. The van der Waals surface area contributed by atoms with E-state index in [4.69, 9.17) is 0 Å². The van der Waals surface area contributed by atoms with Gasteiger partial charge in [-0.2, -0.15) is 0 Å². The summed E-state index contributed by atoms with van der Waals surface area (Å²) in [6.45, 7) is 0. The highest BCUT2D eigenvalue weighted by molar-refractivity contribution is 6.06. The van der Waals surface area contributed by atoms with Crippen LogP contribution < -0.4 is 10.6 Å². The Kier molecular flexibility index (Phi) is 4.62. The van der Waals surface area contributed by atoms with E-state index in [0.717, 1.165) is 0 Å². The zero-order chi connectivity index (χ0) is 16.8. The van der Waals surface area contributed by atoms with Crippen LogP contribution in [0.3, 0.4) is 0 Å². The van der Waals surface area contributed by atoms with Crippen LogP contribution in [0.2, 0.25) is 0 Å². The van der Waals surface area contributed by atoms with E-state index >= 15 is 0 Å². The van der Waals surface area contributed by atoms with Gasteiger partial charge in [0.15, 0.2) is 0 Å². The SMILES string of the molecule is O=C(Nc1ccccc1)c1ccc(C(=O)Nc2ccccc2)nc1. The lowest BCUT2D eigenvalue weighted by atomic mass is 10.2. The van der Waals surface area contributed by atoms with Crippen molar-refractivity contribution in [1.82, 2.24) is 4.98 Å². The first-order chi connectivity index (χ1) is 11.7. The molecule has 2 aromatic carbocycles. The molecular formula is C19H15N3O2. The van der Waals surface area contributed by atoms with Crippen LogP contribution in [0.5, 0.6) is 0 Å². The molecule has 0 saturated carbocycles. The van der Waals surface area contributed by atoms with E-state index in [1.807, 2.05) is 36.4 Å². The third kappa shape index (κ3) is 3.84. The van der Waals surface area contributed by atoms with Crippen LogP contribution in [0, 0.1) is 0 Å². The van der Waals surface area contributed by atoms with Crippen molar-refractivity contribution in [1.29, 1.82) is 0 Å². The Balaban J connectivity index is 1.66. The summed E-state index contributed by atoms with van der Waals surface area (Å²) in [5.74, 6) is -0.597. The van der Waals surface area contributed by atoms with E-state index < -0.39 is 0 Å². The van der Waals surface area contributed by atoms with Crippen LogP contribution in [0.25, 0.3) is 0 Å². The van der Waals surface area contributed by atoms with Crippen LogP contribution in [0.1, 0.15) is 20.8 Å². The topological polar surface area (TPSA) is 71.1 Å². The smallest absolute Gasteiger partial charge is 0.274 e. The number of amides is 2. The van der Waals surface area contributed by atoms with Gasteiger partial charge in [0, 0.05) is 17.6 Å². The summed E-state index contributed by atoms with van der Waals surface area (Å²) < 4.78 is 0. The minimum absolute atomic E-state index is 0.245. The van der Waals surface area contributed by atoms with Gasteiger partial charge < -0.3 is 10.6 Å².